The van der Waals surface area contributed by atoms with E-state index in [2.05, 4.69) is 27.7 Å². The van der Waals surface area contributed by atoms with E-state index >= 15 is 0 Å². The molecule has 0 aliphatic carbocycles. The molecule has 0 atom stereocenters. The first-order chi connectivity index (χ1) is 27.1. The first kappa shape index (κ1) is 41.2. The van der Waals surface area contributed by atoms with Gasteiger partial charge in [0.25, 0.3) is 0 Å². The molecule has 0 aliphatic heterocycles. The average Bonchev–Trinajstić information content (AvgIpc) is 3.82. The smallest absolute Gasteiger partial charge is 0.242 e. The number of sulfonamides is 2. The number of aromatic amines is 2. The molecule has 2 aromatic heterocycles. The number of hydrogen-bond acceptors (Lipinski definition) is 5. The number of carbonyl (C=O) groups is 1. The zero-order valence-electron chi connectivity index (χ0n) is 33.0. The molecule has 0 saturated heterocycles. The second-order valence-corrected chi connectivity index (χ2v) is 19.2. The molecule has 0 spiro atoms. The Morgan fingerprint density at radius 2 is 1.27 bits per heavy atom. The highest BCUT2D eigenvalue weighted by atomic mass is 32.2. The van der Waals surface area contributed by atoms with Crippen LogP contribution in [0.25, 0.3) is 54.8 Å². The summed E-state index contributed by atoms with van der Waals surface area (Å²) in [6.45, 7) is 2.25. The van der Waals surface area contributed by atoms with Gasteiger partial charge < -0.3 is 9.97 Å². The van der Waals surface area contributed by atoms with E-state index in [1.165, 1.54) is 82.6 Å². The number of benzene rings is 4. The van der Waals surface area contributed by atoms with Crippen LogP contribution in [0, 0.1) is 0 Å². The van der Waals surface area contributed by atoms with E-state index in [4.69, 9.17) is 0 Å². The Balaban J connectivity index is 1.19. The molecule has 11 heteroatoms. The molecule has 0 amide bonds. The highest BCUT2D eigenvalue weighted by Crippen LogP contribution is 2.44. The number of aldehydes is 1. The van der Waals surface area contributed by atoms with E-state index in [1.54, 1.807) is 24.3 Å². The van der Waals surface area contributed by atoms with E-state index in [1.807, 2.05) is 48.8 Å². The minimum absolute atomic E-state index is 0.0601. The predicted octanol–water partition coefficient (Wildman–Crippen LogP) is 11.4. The van der Waals surface area contributed by atoms with Gasteiger partial charge in [-0.2, -0.15) is 0 Å². The maximum absolute atomic E-state index is 13.3. The van der Waals surface area contributed by atoms with Gasteiger partial charge in [0.15, 0.2) is 6.29 Å². The minimum atomic E-state index is -3.66. The molecule has 0 aliphatic rings. The van der Waals surface area contributed by atoms with E-state index in [9.17, 15) is 21.6 Å². The molecule has 0 saturated carbocycles. The van der Waals surface area contributed by atoms with Crippen LogP contribution in [0.15, 0.2) is 84.0 Å². The predicted molar refractivity (Wildman–Crippen MR) is 233 cm³/mol. The summed E-state index contributed by atoms with van der Waals surface area (Å²) < 4.78 is 56.5. The van der Waals surface area contributed by atoms with Gasteiger partial charge in [-0.3, -0.25) is 9.52 Å². The van der Waals surface area contributed by atoms with Gasteiger partial charge >= 0.3 is 0 Å². The number of nitrogens with zero attached hydrogens (tertiary/aromatic N) is 1. The lowest BCUT2D eigenvalue weighted by atomic mass is 9.87. The second-order valence-electron chi connectivity index (χ2n) is 15.2. The van der Waals surface area contributed by atoms with Gasteiger partial charge in [-0.05, 0) is 47.0 Å². The highest BCUT2D eigenvalue weighted by Gasteiger charge is 2.24. The van der Waals surface area contributed by atoms with Crippen molar-refractivity contribution in [3.8, 4) is 22.3 Å². The second kappa shape index (κ2) is 18.7. The van der Waals surface area contributed by atoms with Crippen LogP contribution in [0.1, 0.15) is 107 Å². The quantitative estimate of drug-likeness (QED) is 0.0465. The van der Waals surface area contributed by atoms with Crippen LogP contribution in [0.4, 0.5) is 5.69 Å². The van der Waals surface area contributed by atoms with E-state index in [0.717, 1.165) is 63.8 Å². The van der Waals surface area contributed by atoms with Crippen LogP contribution in [-0.2, 0) is 20.0 Å². The number of hydrogen-bond donors (Lipinski definition) is 3. The molecular weight excluding hydrogens is 741 g/mol. The summed E-state index contributed by atoms with van der Waals surface area (Å²) in [4.78, 5) is 19.7. The maximum atomic E-state index is 13.3. The molecule has 2 heterocycles. The van der Waals surface area contributed by atoms with Gasteiger partial charge in [0.1, 0.15) is 0 Å². The first-order valence-corrected chi connectivity index (χ1v) is 23.3. The van der Waals surface area contributed by atoms with Gasteiger partial charge in [0, 0.05) is 65.0 Å². The van der Waals surface area contributed by atoms with Crippen LogP contribution in [-0.4, -0.2) is 57.2 Å². The Morgan fingerprint density at radius 3 is 1.93 bits per heavy atom. The number of fused-ring (bicyclic) bond motifs is 3. The third-order valence-corrected chi connectivity index (χ3v) is 14.1. The van der Waals surface area contributed by atoms with Crippen molar-refractivity contribution in [3.05, 3.63) is 84.7 Å². The van der Waals surface area contributed by atoms with Crippen LogP contribution >= 0.6 is 0 Å². The highest BCUT2D eigenvalue weighted by molar-refractivity contribution is 7.92. The molecule has 0 radical (unpaired) electrons. The monoisotopic (exact) mass is 796 g/mol. The van der Waals surface area contributed by atoms with Crippen LogP contribution in [0.2, 0.25) is 0 Å². The fraction of sp³-hybridized carbons (Fsp3) is 0.400. The number of carbonyl (C=O) groups excluding carboxylic acids is 1. The lowest BCUT2D eigenvalue weighted by Crippen LogP contribution is -2.22. The summed E-state index contributed by atoms with van der Waals surface area (Å²) >= 11 is 0. The Kier molecular flexibility index (Phi) is 13.7. The summed E-state index contributed by atoms with van der Waals surface area (Å²) in [5, 5.41) is 3.24. The largest absolute Gasteiger partial charge is 0.361 e. The molecule has 298 valence electrons. The Labute approximate surface area is 332 Å². The molecule has 3 N–H and O–H groups in total. The number of anilines is 1. The Hall–Kier alpha value is -4.45. The van der Waals surface area contributed by atoms with Crippen molar-refractivity contribution in [2.75, 3.05) is 24.6 Å². The van der Waals surface area contributed by atoms with Gasteiger partial charge in [0.05, 0.1) is 21.9 Å². The van der Waals surface area contributed by atoms with E-state index in [-0.39, 0.29) is 10.6 Å². The summed E-state index contributed by atoms with van der Waals surface area (Å²) in [7, 11) is -4.26. The van der Waals surface area contributed by atoms with Gasteiger partial charge in [-0.1, -0.05) is 133 Å². The topological polar surface area (TPSA) is 132 Å². The van der Waals surface area contributed by atoms with Crippen LogP contribution < -0.4 is 4.72 Å². The van der Waals surface area contributed by atoms with Crippen molar-refractivity contribution in [3.63, 3.8) is 0 Å². The summed E-state index contributed by atoms with van der Waals surface area (Å²) in [6.07, 6.45) is 21.4. The van der Waals surface area contributed by atoms with Crippen molar-refractivity contribution < 1.29 is 21.6 Å². The summed E-state index contributed by atoms with van der Waals surface area (Å²) in [5.41, 5.74) is 5.27. The SMILES string of the molecule is CCCCCCCCCCCCCCCCS(=O)(=O)Nc1cccc2c(-c3cc4ccccc4c(C=O)c3-c3c[nH]c4cc(S(=O)(=O)N(C)C)ccc34)c[nH]c12. The molecule has 56 heavy (non-hydrogen) atoms. The van der Waals surface area contributed by atoms with Crippen LogP contribution in [0.5, 0.6) is 0 Å². The standard InChI is InChI=1S/C45H56N4O5S2/c1-4-5-6-7-8-9-10-11-12-13-14-15-16-19-27-55(51,52)48-42-24-20-23-37-39(30-47-45(37)42)38-28-33-21-17-18-22-35(33)41(32-50)44(38)40-31-46-43-29-34(25-26-36(40)43)56(53,54)49(2)3/h17-18,20-26,28-32,46-48H,4-16,19,27H2,1-3H3. The molecule has 6 aromatic rings. The van der Waals surface area contributed by atoms with E-state index < -0.39 is 20.0 Å². The summed E-state index contributed by atoms with van der Waals surface area (Å²) in [5.74, 6) is 0.0601. The molecule has 0 bridgehead atoms. The number of unbranched alkanes of at least 4 members (excludes halogenated alkanes) is 13. The zero-order valence-corrected chi connectivity index (χ0v) is 34.6. The normalized spacial score (nSPS) is 12.4. The third kappa shape index (κ3) is 9.39. The van der Waals surface area contributed by atoms with E-state index in [0.29, 0.717) is 34.3 Å². The number of rotatable bonds is 22. The molecule has 0 fully saturated rings. The van der Waals surface area contributed by atoms with Crippen molar-refractivity contribution in [1.82, 2.24) is 14.3 Å². The molecule has 6 rings (SSSR count). The Morgan fingerprint density at radius 1 is 0.643 bits per heavy atom. The lowest BCUT2D eigenvalue weighted by Gasteiger charge is -2.16. The number of aromatic nitrogens is 2. The minimum Gasteiger partial charge on any atom is -0.361 e. The average molecular weight is 797 g/mol. The fourth-order valence-electron chi connectivity index (χ4n) is 7.85. The van der Waals surface area contributed by atoms with Crippen molar-refractivity contribution in [2.24, 2.45) is 0 Å². The molecule has 0 unspecified atom stereocenters. The van der Waals surface area contributed by atoms with Crippen molar-refractivity contribution in [2.45, 2.75) is 102 Å². The maximum Gasteiger partial charge on any atom is 0.242 e. The number of H-pyrrole nitrogens is 2. The van der Waals surface area contributed by atoms with Crippen LogP contribution in [0.3, 0.4) is 0 Å². The molecule has 9 nitrogen and oxygen atoms in total. The molecule has 4 aromatic carbocycles. The van der Waals surface area contributed by atoms with Gasteiger partial charge in [-0.15, -0.1) is 0 Å². The Bertz CT molecular complexity index is 2500. The first-order valence-electron chi connectivity index (χ1n) is 20.2. The third-order valence-electron chi connectivity index (χ3n) is 10.9. The van der Waals surface area contributed by atoms with Crippen molar-refractivity contribution >= 4 is 64.6 Å². The van der Waals surface area contributed by atoms with Crippen molar-refractivity contribution in [1.29, 1.82) is 0 Å². The van der Waals surface area contributed by atoms with Gasteiger partial charge in [0.2, 0.25) is 20.0 Å². The fourth-order valence-corrected chi connectivity index (χ4v) is 9.97. The number of nitrogens with one attached hydrogen (secondary N) is 3. The van der Waals surface area contributed by atoms with Gasteiger partial charge in [-0.25, -0.2) is 21.1 Å². The molecular formula is C45H56N4O5S2. The zero-order chi connectivity index (χ0) is 39.7. The lowest BCUT2D eigenvalue weighted by molar-refractivity contribution is 0.112. The number of para-hydroxylation sites is 1. The summed E-state index contributed by atoms with van der Waals surface area (Å²) in [6, 6.07) is 20.3.